The van der Waals surface area contributed by atoms with Gasteiger partial charge in [0.25, 0.3) is 0 Å². The second-order valence-electron chi connectivity index (χ2n) is 5.00. The summed E-state index contributed by atoms with van der Waals surface area (Å²) in [6.07, 6.45) is 0. The van der Waals surface area contributed by atoms with Crippen molar-refractivity contribution in [2.45, 2.75) is 40.7 Å². The average molecular weight is 287 g/mol. The van der Waals surface area contributed by atoms with E-state index in [-0.39, 0.29) is 0 Å². The zero-order valence-corrected chi connectivity index (χ0v) is 13.9. The monoisotopic (exact) mass is 287 g/mol. The molecule has 0 aromatic rings. The van der Waals surface area contributed by atoms with Crippen molar-refractivity contribution in [1.29, 1.82) is 0 Å². The van der Waals surface area contributed by atoms with Crippen LogP contribution < -0.4 is 0 Å². The molecule has 0 aromatic heterocycles. The van der Waals surface area contributed by atoms with Gasteiger partial charge in [-0.2, -0.15) is 0 Å². The van der Waals surface area contributed by atoms with Crippen LogP contribution in [0.2, 0.25) is 0 Å². The lowest BCUT2D eigenvalue weighted by Gasteiger charge is -2.32. The smallest absolute Gasteiger partial charge is 0.322 e. The Morgan fingerprint density at radius 2 is 1.30 bits per heavy atom. The van der Waals surface area contributed by atoms with E-state index in [0.717, 1.165) is 45.8 Å². The summed E-state index contributed by atoms with van der Waals surface area (Å²) in [7, 11) is 0. The molecule has 0 aliphatic rings. The number of nitrogens with zero attached hydrogens (tertiary/aromatic N) is 3. The molecule has 0 radical (unpaired) electrons. The van der Waals surface area contributed by atoms with Crippen LogP contribution in [-0.4, -0.2) is 84.2 Å². The summed E-state index contributed by atoms with van der Waals surface area (Å²) >= 11 is 0. The van der Waals surface area contributed by atoms with E-state index in [1.807, 2.05) is 18.7 Å². The molecule has 0 amide bonds. The number of likely N-dealkylation sites (N-methyl/N-ethyl adjacent to an activating group) is 3. The maximum Gasteiger partial charge on any atom is 0.322 e. The number of hydrogen-bond donors (Lipinski definition) is 1. The van der Waals surface area contributed by atoms with Gasteiger partial charge in [0, 0.05) is 19.6 Å². The van der Waals surface area contributed by atoms with Crippen molar-refractivity contribution in [2.24, 2.45) is 0 Å². The predicted octanol–water partition coefficient (Wildman–Crippen LogP) is 1.45. The zero-order chi connectivity index (χ0) is 15.5. The summed E-state index contributed by atoms with van der Waals surface area (Å²) in [6, 6.07) is -0.401. The molecule has 0 rings (SSSR count). The lowest BCUT2D eigenvalue weighted by molar-refractivity contribution is -0.144. The molecule has 120 valence electrons. The molecule has 0 bridgehead atoms. The van der Waals surface area contributed by atoms with Gasteiger partial charge in [-0.25, -0.2) is 0 Å². The molecule has 1 atom stereocenters. The van der Waals surface area contributed by atoms with E-state index in [9.17, 15) is 9.90 Å². The molecule has 20 heavy (non-hydrogen) atoms. The molecule has 0 fully saturated rings. The number of carbonyl (C=O) groups is 1. The Kier molecular flexibility index (Phi) is 10.7. The number of aliphatic carboxylic acids is 1. The Morgan fingerprint density at radius 1 is 0.850 bits per heavy atom. The Morgan fingerprint density at radius 3 is 1.65 bits per heavy atom. The highest BCUT2D eigenvalue weighted by atomic mass is 16.4. The fourth-order valence-electron chi connectivity index (χ4n) is 2.46. The molecular formula is C15H33N3O2. The van der Waals surface area contributed by atoms with Crippen molar-refractivity contribution in [3.8, 4) is 0 Å². The van der Waals surface area contributed by atoms with Crippen molar-refractivity contribution in [3.05, 3.63) is 0 Å². The van der Waals surface area contributed by atoms with E-state index >= 15 is 0 Å². The van der Waals surface area contributed by atoms with Gasteiger partial charge in [0.2, 0.25) is 0 Å². The van der Waals surface area contributed by atoms with Crippen LogP contribution in [0.15, 0.2) is 0 Å². The quantitative estimate of drug-likeness (QED) is 0.588. The van der Waals surface area contributed by atoms with Crippen molar-refractivity contribution in [1.82, 2.24) is 14.7 Å². The summed E-state index contributed by atoms with van der Waals surface area (Å²) in [5, 5.41) is 9.44. The van der Waals surface area contributed by atoms with Crippen LogP contribution in [0.5, 0.6) is 0 Å². The second-order valence-corrected chi connectivity index (χ2v) is 5.00. The van der Waals surface area contributed by atoms with Gasteiger partial charge in [0.15, 0.2) is 0 Å². The van der Waals surface area contributed by atoms with Gasteiger partial charge < -0.3 is 14.9 Å². The molecule has 0 heterocycles. The van der Waals surface area contributed by atoms with Crippen LogP contribution in [0.1, 0.15) is 34.6 Å². The van der Waals surface area contributed by atoms with E-state index in [1.165, 1.54) is 0 Å². The lowest BCUT2D eigenvalue weighted by Crippen LogP contribution is -2.49. The minimum Gasteiger partial charge on any atom is -0.480 e. The molecule has 0 unspecified atom stereocenters. The third kappa shape index (κ3) is 6.68. The van der Waals surface area contributed by atoms with Gasteiger partial charge >= 0.3 is 5.97 Å². The first-order chi connectivity index (χ1) is 9.53. The Hall–Kier alpha value is -0.650. The summed E-state index contributed by atoms with van der Waals surface area (Å²) in [5.74, 6) is -0.713. The SMILES string of the molecule is CCN(CC)CCN(CC)C[C@H](C(=O)O)N(CC)CC. The summed E-state index contributed by atoms with van der Waals surface area (Å²) in [5.41, 5.74) is 0. The van der Waals surface area contributed by atoms with Gasteiger partial charge in [-0.1, -0.05) is 34.6 Å². The average Bonchev–Trinajstić information content (AvgIpc) is 2.45. The van der Waals surface area contributed by atoms with Crippen LogP contribution in [-0.2, 0) is 4.79 Å². The third-order valence-electron chi connectivity index (χ3n) is 4.04. The molecule has 5 nitrogen and oxygen atoms in total. The maximum atomic E-state index is 11.5. The summed E-state index contributed by atoms with van der Waals surface area (Å²) in [4.78, 5) is 18.1. The summed E-state index contributed by atoms with van der Waals surface area (Å²) in [6.45, 7) is 17.6. The van der Waals surface area contributed by atoms with Crippen molar-refractivity contribution >= 4 is 5.97 Å². The third-order valence-corrected chi connectivity index (χ3v) is 4.04. The predicted molar refractivity (Wildman–Crippen MR) is 84.2 cm³/mol. The van der Waals surface area contributed by atoms with E-state index in [2.05, 4.69) is 30.6 Å². The number of rotatable bonds is 12. The van der Waals surface area contributed by atoms with Crippen molar-refractivity contribution in [2.75, 3.05) is 52.4 Å². The van der Waals surface area contributed by atoms with E-state index in [1.54, 1.807) is 0 Å². The first kappa shape index (κ1) is 19.4. The van der Waals surface area contributed by atoms with E-state index < -0.39 is 12.0 Å². The minimum atomic E-state index is -0.713. The highest BCUT2D eigenvalue weighted by molar-refractivity contribution is 5.73. The fraction of sp³-hybridized carbons (Fsp3) is 0.933. The van der Waals surface area contributed by atoms with Crippen molar-refractivity contribution in [3.63, 3.8) is 0 Å². The Bertz CT molecular complexity index is 254. The number of carboxylic acids is 1. The number of hydrogen-bond acceptors (Lipinski definition) is 4. The molecule has 0 saturated carbocycles. The van der Waals surface area contributed by atoms with Crippen LogP contribution in [0.3, 0.4) is 0 Å². The maximum absolute atomic E-state index is 11.5. The van der Waals surface area contributed by atoms with E-state index in [0.29, 0.717) is 6.54 Å². The highest BCUT2D eigenvalue weighted by Crippen LogP contribution is 2.04. The minimum absolute atomic E-state index is 0.401. The highest BCUT2D eigenvalue weighted by Gasteiger charge is 2.25. The zero-order valence-electron chi connectivity index (χ0n) is 13.9. The first-order valence-corrected chi connectivity index (χ1v) is 7.95. The van der Waals surface area contributed by atoms with Crippen LogP contribution in [0, 0.1) is 0 Å². The summed E-state index contributed by atoms with van der Waals surface area (Å²) < 4.78 is 0. The number of carboxylic acid groups (broad SMARTS) is 1. The standard InChI is InChI=1S/C15H33N3O2/c1-6-16(7-2)11-12-17(8-3)13-14(15(19)20)18(9-4)10-5/h14H,6-13H2,1-5H3,(H,19,20)/t14-/m1/s1. The Labute approximate surface area is 124 Å². The Balaban J connectivity index is 4.52. The van der Waals surface area contributed by atoms with Gasteiger partial charge in [0.1, 0.15) is 6.04 Å². The normalized spacial score (nSPS) is 13.4. The van der Waals surface area contributed by atoms with Crippen LogP contribution >= 0.6 is 0 Å². The van der Waals surface area contributed by atoms with Gasteiger partial charge in [0.05, 0.1) is 0 Å². The molecule has 0 aromatic carbocycles. The lowest BCUT2D eigenvalue weighted by atomic mass is 10.2. The van der Waals surface area contributed by atoms with Crippen LogP contribution in [0.4, 0.5) is 0 Å². The molecular weight excluding hydrogens is 254 g/mol. The molecule has 0 aliphatic heterocycles. The van der Waals surface area contributed by atoms with Gasteiger partial charge in [-0.05, 0) is 32.7 Å². The van der Waals surface area contributed by atoms with Crippen molar-refractivity contribution < 1.29 is 9.90 Å². The first-order valence-electron chi connectivity index (χ1n) is 7.95. The molecule has 0 aliphatic carbocycles. The molecule has 1 N–H and O–H groups in total. The molecule has 5 heteroatoms. The fourth-order valence-corrected chi connectivity index (χ4v) is 2.46. The topological polar surface area (TPSA) is 47.0 Å². The largest absolute Gasteiger partial charge is 0.480 e. The van der Waals surface area contributed by atoms with Gasteiger partial charge in [-0.3, -0.25) is 9.69 Å². The van der Waals surface area contributed by atoms with E-state index in [4.69, 9.17) is 0 Å². The second kappa shape index (κ2) is 11.1. The molecule has 0 saturated heterocycles. The van der Waals surface area contributed by atoms with Crippen LogP contribution in [0.25, 0.3) is 0 Å². The van der Waals surface area contributed by atoms with Gasteiger partial charge in [-0.15, -0.1) is 0 Å². The molecule has 0 spiro atoms.